The third-order valence-electron chi connectivity index (χ3n) is 6.43. The van der Waals surface area contributed by atoms with Gasteiger partial charge in [-0.1, -0.05) is 12.8 Å². The summed E-state index contributed by atoms with van der Waals surface area (Å²) in [5, 5.41) is 6.59. The lowest BCUT2D eigenvalue weighted by Crippen LogP contribution is -2.44. The molecule has 4 rings (SSSR count). The second kappa shape index (κ2) is 7.97. The zero-order chi connectivity index (χ0) is 17.8. The zero-order valence-corrected chi connectivity index (χ0v) is 15.5. The summed E-state index contributed by atoms with van der Waals surface area (Å²) in [5.41, 5.74) is 0.648. The summed E-state index contributed by atoms with van der Waals surface area (Å²) in [6, 6.07) is 7.82. The molecule has 2 saturated heterocycles. The second-order valence-electron chi connectivity index (χ2n) is 8.07. The molecule has 1 amide bonds. The summed E-state index contributed by atoms with van der Waals surface area (Å²) in [4.78, 5) is 13.0. The molecule has 2 aliphatic heterocycles. The summed E-state index contributed by atoms with van der Waals surface area (Å²) in [6.07, 6.45) is 6.73. The molecule has 3 aliphatic rings. The number of hydrogen-bond acceptors (Lipinski definition) is 4. The van der Waals surface area contributed by atoms with Crippen LogP contribution in [0.4, 0.5) is 5.69 Å². The lowest BCUT2D eigenvalue weighted by atomic mass is 9.67. The third-order valence-corrected chi connectivity index (χ3v) is 6.43. The highest BCUT2D eigenvalue weighted by molar-refractivity contribution is 5.96. The normalized spacial score (nSPS) is 29.2. The van der Waals surface area contributed by atoms with Gasteiger partial charge in [-0.15, -0.1) is 0 Å². The molecule has 1 aromatic rings. The van der Waals surface area contributed by atoms with Crippen LogP contribution in [0.5, 0.6) is 5.75 Å². The van der Waals surface area contributed by atoms with Crippen molar-refractivity contribution in [1.82, 2.24) is 5.32 Å². The van der Waals surface area contributed by atoms with Crippen LogP contribution in [-0.2, 0) is 9.53 Å². The Labute approximate surface area is 155 Å². The van der Waals surface area contributed by atoms with Gasteiger partial charge < -0.3 is 20.1 Å². The topological polar surface area (TPSA) is 59.6 Å². The van der Waals surface area contributed by atoms with Crippen LogP contribution in [0.25, 0.3) is 0 Å². The van der Waals surface area contributed by atoms with Crippen LogP contribution in [0.15, 0.2) is 24.3 Å². The fourth-order valence-corrected chi connectivity index (χ4v) is 4.71. The van der Waals surface area contributed by atoms with E-state index in [4.69, 9.17) is 9.47 Å². The molecule has 0 radical (unpaired) electrons. The van der Waals surface area contributed by atoms with E-state index in [-0.39, 0.29) is 11.3 Å². The molecule has 0 spiro atoms. The number of rotatable bonds is 5. The molecule has 1 aliphatic carbocycles. The van der Waals surface area contributed by atoms with Crippen molar-refractivity contribution >= 4 is 11.6 Å². The Hall–Kier alpha value is -1.59. The average molecular weight is 358 g/mol. The Balaban J connectivity index is 1.33. The van der Waals surface area contributed by atoms with Gasteiger partial charge in [-0.3, -0.25) is 4.79 Å². The van der Waals surface area contributed by atoms with Gasteiger partial charge in [0.05, 0.1) is 12.0 Å². The van der Waals surface area contributed by atoms with E-state index < -0.39 is 0 Å². The Morgan fingerprint density at radius 1 is 1.19 bits per heavy atom. The van der Waals surface area contributed by atoms with Crippen molar-refractivity contribution in [2.45, 2.75) is 38.5 Å². The maximum absolute atomic E-state index is 13.0. The monoisotopic (exact) mass is 358 g/mol. The van der Waals surface area contributed by atoms with Crippen molar-refractivity contribution in [3.05, 3.63) is 24.3 Å². The molecule has 2 N–H and O–H groups in total. The van der Waals surface area contributed by atoms with Crippen LogP contribution in [0.2, 0.25) is 0 Å². The molecule has 2 atom stereocenters. The number of benzene rings is 1. The van der Waals surface area contributed by atoms with Crippen molar-refractivity contribution in [3.8, 4) is 5.75 Å². The highest BCUT2D eigenvalue weighted by Gasteiger charge is 2.49. The summed E-state index contributed by atoms with van der Waals surface area (Å²) >= 11 is 0. The summed E-state index contributed by atoms with van der Waals surface area (Å²) < 4.78 is 11.3. The predicted molar refractivity (Wildman–Crippen MR) is 101 cm³/mol. The molecule has 142 valence electrons. The summed E-state index contributed by atoms with van der Waals surface area (Å²) in [6.45, 7) is 4.22. The van der Waals surface area contributed by atoms with Gasteiger partial charge in [0.15, 0.2) is 0 Å². The lowest BCUT2D eigenvalue weighted by Gasteiger charge is -2.37. The first-order chi connectivity index (χ1) is 12.8. The van der Waals surface area contributed by atoms with Crippen LogP contribution in [0.3, 0.4) is 0 Å². The number of fused-ring (bicyclic) bond motifs is 1. The summed E-state index contributed by atoms with van der Waals surface area (Å²) in [7, 11) is 0. The Morgan fingerprint density at radius 3 is 2.81 bits per heavy atom. The van der Waals surface area contributed by atoms with E-state index in [9.17, 15) is 4.79 Å². The van der Waals surface area contributed by atoms with Gasteiger partial charge in [0.1, 0.15) is 5.75 Å². The van der Waals surface area contributed by atoms with Gasteiger partial charge in [0, 0.05) is 25.4 Å². The number of carbonyl (C=O) groups excluding carboxylic acids is 1. The molecular weight excluding hydrogens is 328 g/mol. The van der Waals surface area contributed by atoms with Gasteiger partial charge in [0.2, 0.25) is 5.91 Å². The minimum Gasteiger partial charge on any atom is -0.493 e. The standard InChI is InChI=1S/C21H30N2O3/c24-20(21-10-2-1-3-17(21)13-22-15-21)23-18-4-6-19(7-5-18)26-14-16-8-11-25-12-9-16/h4-7,16-17,22H,1-3,8-15H2,(H,23,24)/t17-,21+/m0/s1. The average Bonchev–Trinajstić information content (AvgIpc) is 3.14. The van der Waals surface area contributed by atoms with E-state index >= 15 is 0 Å². The minimum absolute atomic E-state index is 0.183. The number of amides is 1. The van der Waals surface area contributed by atoms with Crippen LogP contribution < -0.4 is 15.4 Å². The van der Waals surface area contributed by atoms with Crippen molar-refractivity contribution in [2.75, 3.05) is 38.2 Å². The Bertz CT molecular complexity index is 612. The molecule has 0 bridgehead atoms. The van der Waals surface area contributed by atoms with Crippen molar-refractivity contribution in [3.63, 3.8) is 0 Å². The molecule has 0 unspecified atom stereocenters. The molecule has 0 aromatic heterocycles. The van der Waals surface area contributed by atoms with E-state index in [2.05, 4.69) is 10.6 Å². The van der Waals surface area contributed by atoms with Crippen molar-refractivity contribution < 1.29 is 14.3 Å². The maximum Gasteiger partial charge on any atom is 0.232 e. The van der Waals surface area contributed by atoms with Gasteiger partial charge in [-0.2, -0.15) is 0 Å². The van der Waals surface area contributed by atoms with Crippen LogP contribution >= 0.6 is 0 Å². The molecule has 5 nitrogen and oxygen atoms in total. The largest absolute Gasteiger partial charge is 0.493 e. The number of nitrogens with one attached hydrogen (secondary N) is 2. The van der Waals surface area contributed by atoms with Gasteiger partial charge in [0.25, 0.3) is 0 Å². The highest BCUT2D eigenvalue weighted by atomic mass is 16.5. The van der Waals surface area contributed by atoms with Gasteiger partial charge in [-0.05, 0) is 68.3 Å². The van der Waals surface area contributed by atoms with E-state index in [1.54, 1.807) is 0 Å². The third kappa shape index (κ3) is 3.74. The van der Waals surface area contributed by atoms with Crippen molar-refractivity contribution in [2.24, 2.45) is 17.3 Å². The van der Waals surface area contributed by atoms with Gasteiger partial charge in [-0.25, -0.2) is 0 Å². The molecule has 1 saturated carbocycles. The van der Waals surface area contributed by atoms with Gasteiger partial charge >= 0.3 is 0 Å². The van der Waals surface area contributed by atoms with E-state index in [1.807, 2.05) is 24.3 Å². The summed E-state index contributed by atoms with van der Waals surface area (Å²) in [5.74, 6) is 2.12. The van der Waals surface area contributed by atoms with E-state index in [1.165, 1.54) is 12.8 Å². The number of carbonyl (C=O) groups is 1. The molecule has 2 heterocycles. The van der Waals surface area contributed by atoms with Crippen molar-refractivity contribution in [1.29, 1.82) is 0 Å². The minimum atomic E-state index is -0.212. The predicted octanol–water partition coefficient (Wildman–Crippen LogP) is 3.21. The maximum atomic E-state index is 13.0. The first-order valence-corrected chi connectivity index (χ1v) is 10.1. The fourth-order valence-electron chi connectivity index (χ4n) is 4.71. The number of anilines is 1. The van der Waals surface area contributed by atoms with Crippen LogP contribution in [0.1, 0.15) is 38.5 Å². The SMILES string of the molecule is O=C(Nc1ccc(OCC2CCOCC2)cc1)[C@@]12CCCC[C@H]1CNC2. The molecular formula is C21H30N2O3. The molecule has 3 fully saturated rings. The first-order valence-electron chi connectivity index (χ1n) is 10.1. The van der Waals surface area contributed by atoms with Crippen LogP contribution in [-0.4, -0.2) is 38.8 Å². The first kappa shape index (κ1) is 17.8. The number of hydrogen-bond donors (Lipinski definition) is 2. The second-order valence-corrected chi connectivity index (χ2v) is 8.07. The highest BCUT2D eigenvalue weighted by Crippen LogP contribution is 2.44. The molecule has 26 heavy (non-hydrogen) atoms. The molecule has 5 heteroatoms. The fraction of sp³-hybridized carbons (Fsp3) is 0.667. The van der Waals surface area contributed by atoms with Crippen LogP contribution in [0, 0.1) is 17.3 Å². The number of ether oxygens (including phenoxy) is 2. The van der Waals surface area contributed by atoms with E-state index in [0.717, 1.165) is 70.0 Å². The zero-order valence-electron chi connectivity index (χ0n) is 15.5. The Kier molecular flexibility index (Phi) is 5.46. The molecule has 1 aromatic carbocycles. The quantitative estimate of drug-likeness (QED) is 0.849. The Morgan fingerprint density at radius 2 is 2.00 bits per heavy atom. The lowest BCUT2D eigenvalue weighted by molar-refractivity contribution is -0.128. The van der Waals surface area contributed by atoms with E-state index in [0.29, 0.717) is 11.8 Å². The smallest absolute Gasteiger partial charge is 0.232 e.